The first-order valence-corrected chi connectivity index (χ1v) is 5.89. The molecule has 0 amide bonds. The lowest BCUT2D eigenvalue weighted by Gasteiger charge is -2.06. The van der Waals surface area contributed by atoms with Gasteiger partial charge in [-0.15, -0.1) is 0 Å². The van der Waals surface area contributed by atoms with E-state index in [1.54, 1.807) is 4.68 Å². The molecule has 0 aliphatic rings. The molecule has 0 unspecified atom stereocenters. The van der Waals surface area contributed by atoms with Crippen molar-refractivity contribution in [3.8, 4) is 11.1 Å². The van der Waals surface area contributed by atoms with Crippen LogP contribution in [0.3, 0.4) is 0 Å². The van der Waals surface area contributed by atoms with Crippen molar-refractivity contribution >= 4 is 10.8 Å². The topological polar surface area (TPSA) is 38.0 Å². The fourth-order valence-electron chi connectivity index (χ4n) is 2.24. The molecule has 90 valence electrons. The van der Waals surface area contributed by atoms with Gasteiger partial charge in [-0.3, -0.25) is 4.68 Å². The van der Waals surface area contributed by atoms with Gasteiger partial charge < -0.3 is 5.11 Å². The summed E-state index contributed by atoms with van der Waals surface area (Å²) in [5.74, 6) is 0. The van der Waals surface area contributed by atoms with Crippen molar-refractivity contribution in [2.75, 3.05) is 0 Å². The van der Waals surface area contributed by atoms with Crippen molar-refractivity contribution in [3.05, 3.63) is 54.4 Å². The lowest BCUT2D eigenvalue weighted by Crippen LogP contribution is -1.85. The fraction of sp³-hybridized carbons (Fsp3) is 0.133. The first kappa shape index (κ1) is 11.0. The summed E-state index contributed by atoms with van der Waals surface area (Å²) < 4.78 is 1.80. The van der Waals surface area contributed by atoms with Crippen LogP contribution >= 0.6 is 0 Å². The van der Waals surface area contributed by atoms with E-state index >= 15 is 0 Å². The molecule has 3 heteroatoms. The molecule has 0 bridgehead atoms. The Balaban J connectivity index is 2.24. The molecule has 0 atom stereocenters. The summed E-state index contributed by atoms with van der Waals surface area (Å²) in [7, 11) is 1.92. The molecular weight excluding hydrogens is 224 g/mol. The van der Waals surface area contributed by atoms with Gasteiger partial charge in [0.1, 0.15) is 0 Å². The van der Waals surface area contributed by atoms with Gasteiger partial charge in [-0.1, -0.05) is 30.3 Å². The zero-order chi connectivity index (χ0) is 12.5. The second kappa shape index (κ2) is 4.27. The molecule has 1 N–H and O–H groups in total. The van der Waals surface area contributed by atoms with Gasteiger partial charge in [-0.05, 0) is 28.0 Å². The van der Waals surface area contributed by atoms with Crippen molar-refractivity contribution in [3.63, 3.8) is 0 Å². The number of aromatic nitrogens is 2. The van der Waals surface area contributed by atoms with Gasteiger partial charge in [0.2, 0.25) is 0 Å². The molecule has 3 aromatic rings. The number of fused-ring (bicyclic) bond motifs is 1. The molecule has 3 nitrogen and oxygen atoms in total. The van der Waals surface area contributed by atoms with E-state index in [-0.39, 0.29) is 6.61 Å². The van der Waals surface area contributed by atoms with Gasteiger partial charge in [-0.25, -0.2) is 0 Å². The van der Waals surface area contributed by atoms with Crippen molar-refractivity contribution in [2.24, 2.45) is 7.05 Å². The SMILES string of the molecule is Cn1cc(-c2cccc3cc(CO)ccc23)cn1. The Kier molecular flexibility index (Phi) is 2.61. The Labute approximate surface area is 105 Å². The van der Waals surface area contributed by atoms with Crippen LogP contribution < -0.4 is 0 Å². The molecule has 0 fully saturated rings. The predicted octanol–water partition coefficient (Wildman–Crippen LogP) is 2.73. The zero-order valence-electron chi connectivity index (χ0n) is 10.2. The summed E-state index contributed by atoms with van der Waals surface area (Å²) in [6, 6.07) is 12.2. The Morgan fingerprint density at radius 2 is 2.11 bits per heavy atom. The molecular formula is C15H14N2O. The molecule has 18 heavy (non-hydrogen) atoms. The summed E-state index contributed by atoms with van der Waals surface area (Å²) in [6.45, 7) is 0.0764. The summed E-state index contributed by atoms with van der Waals surface area (Å²) >= 11 is 0. The highest BCUT2D eigenvalue weighted by Gasteiger charge is 2.05. The molecule has 2 aromatic carbocycles. The highest BCUT2D eigenvalue weighted by molar-refractivity contribution is 5.96. The van der Waals surface area contributed by atoms with E-state index in [0.29, 0.717) is 0 Å². The normalized spacial score (nSPS) is 11.0. The van der Waals surface area contributed by atoms with Gasteiger partial charge in [-0.2, -0.15) is 5.10 Å². The molecule has 0 spiro atoms. The fourth-order valence-corrected chi connectivity index (χ4v) is 2.24. The molecule has 0 aliphatic heterocycles. The van der Waals surface area contributed by atoms with Gasteiger partial charge in [0.25, 0.3) is 0 Å². The first-order valence-electron chi connectivity index (χ1n) is 5.89. The monoisotopic (exact) mass is 238 g/mol. The van der Waals surface area contributed by atoms with E-state index in [0.717, 1.165) is 16.5 Å². The zero-order valence-corrected chi connectivity index (χ0v) is 10.2. The minimum Gasteiger partial charge on any atom is -0.392 e. The van der Waals surface area contributed by atoms with Crippen LogP contribution in [0.2, 0.25) is 0 Å². The van der Waals surface area contributed by atoms with Gasteiger partial charge in [0.05, 0.1) is 12.8 Å². The minimum atomic E-state index is 0.0764. The van der Waals surface area contributed by atoms with Crippen molar-refractivity contribution in [2.45, 2.75) is 6.61 Å². The molecule has 3 rings (SSSR count). The van der Waals surface area contributed by atoms with Gasteiger partial charge in [0, 0.05) is 18.8 Å². The van der Waals surface area contributed by atoms with Crippen molar-refractivity contribution < 1.29 is 5.11 Å². The van der Waals surface area contributed by atoms with Gasteiger partial charge in [0.15, 0.2) is 0 Å². The standard InChI is InChI=1S/C15H14N2O/c1-17-9-13(8-16-17)14-4-2-3-12-7-11(10-18)5-6-15(12)14/h2-9,18H,10H2,1H3. The van der Waals surface area contributed by atoms with Gasteiger partial charge >= 0.3 is 0 Å². The maximum absolute atomic E-state index is 9.17. The highest BCUT2D eigenvalue weighted by Crippen LogP contribution is 2.28. The number of aliphatic hydroxyl groups excluding tert-OH is 1. The van der Waals surface area contributed by atoms with E-state index in [1.807, 2.05) is 37.6 Å². The number of rotatable bonds is 2. The third kappa shape index (κ3) is 1.79. The number of aliphatic hydroxyl groups is 1. The van der Waals surface area contributed by atoms with Crippen molar-refractivity contribution in [1.29, 1.82) is 0 Å². The third-order valence-electron chi connectivity index (χ3n) is 3.14. The maximum Gasteiger partial charge on any atom is 0.0682 e. The molecule has 1 aromatic heterocycles. The highest BCUT2D eigenvalue weighted by atomic mass is 16.3. The largest absolute Gasteiger partial charge is 0.392 e. The predicted molar refractivity (Wildman–Crippen MR) is 72.1 cm³/mol. The quantitative estimate of drug-likeness (QED) is 0.745. The summed E-state index contributed by atoms with van der Waals surface area (Å²) in [5, 5.41) is 15.7. The van der Waals surface area contributed by atoms with Crippen LogP contribution in [0.1, 0.15) is 5.56 Å². The molecule has 0 saturated heterocycles. The summed E-state index contributed by atoms with van der Waals surface area (Å²) in [5.41, 5.74) is 3.22. The molecule has 1 heterocycles. The van der Waals surface area contributed by atoms with Crippen LogP contribution in [0.5, 0.6) is 0 Å². The van der Waals surface area contributed by atoms with E-state index < -0.39 is 0 Å². The number of hydrogen-bond donors (Lipinski definition) is 1. The number of benzene rings is 2. The number of hydrogen-bond acceptors (Lipinski definition) is 2. The third-order valence-corrected chi connectivity index (χ3v) is 3.14. The first-order chi connectivity index (χ1) is 8.78. The Morgan fingerprint density at radius 3 is 2.83 bits per heavy atom. The minimum absolute atomic E-state index is 0.0764. The maximum atomic E-state index is 9.17. The van der Waals surface area contributed by atoms with Crippen LogP contribution in [0.25, 0.3) is 21.9 Å². The average Bonchev–Trinajstić information content (AvgIpc) is 2.84. The Hall–Kier alpha value is -2.13. The van der Waals surface area contributed by atoms with Crippen LogP contribution in [-0.2, 0) is 13.7 Å². The Bertz CT molecular complexity index is 701. The second-order valence-electron chi connectivity index (χ2n) is 4.42. The van der Waals surface area contributed by atoms with E-state index in [1.165, 1.54) is 10.9 Å². The number of aryl methyl sites for hydroxylation is 1. The lowest BCUT2D eigenvalue weighted by molar-refractivity contribution is 0.282. The lowest BCUT2D eigenvalue weighted by atomic mass is 9.99. The van der Waals surface area contributed by atoms with Crippen LogP contribution in [0.4, 0.5) is 0 Å². The summed E-state index contributed by atoms with van der Waals surface area (Å²) in [4.78, 5) is 0. The Morgan fingerprint density at radius 1 is 1.22 bits per heavy atom. The van der Waals surface area contributed by atoms with E-state index in [2.05, 4.69) is 23.3 Å². The smallest absolute Gasteiger partial charge is 0.0682 e. The van der Waals surface area contributed by atoms with E-state index in [4.69, 9.17) is 0 Å². The van der Waals surface area contributed by atoms with Crippen LogP contribution in [0.15, 0.2) is 48.8 Å². The number of nitrogens with zero attached hydrogens (tertiary/aromatic N) is 2. The summed E-state index contributed by atoms with van der Waals surface area (Å²) in [6.07, 6.45) is 3.88. The van der Waals surface area contributed by atoms with Crippen LogP contribution in [0, 0.1) is 0 Å². The average molecular weight is 238 g/mol. The van der Waals surface area contributed by atoms with E-state index in [9.17, 15) is 5.11 Å². The van der Waals surface area contributed by atoms with Crippen LogP contribution in [-0.4, -0.2) is 14.9 Å². The molecule has 0 aliphatic carbocycles. The molecule has 0 radical (unpaired) electrons. The van der Waals surface area contributed by atoms with Crippen molar-refractivity contribution in [1.82, 2.24) is 9.78 Å². The second-order valence-corrected chi connectivity index (χ2v) is 4.42. The molecule has 0 saturated carbocycles.